The van der Waals surface area contributed by atoms with Gasteiger partial charge in [-0.3, -0.25) is 4.79 Å². The van der Waals surface area contributed by atoms with Crippen LogP contribution in [-0.4, -0.2) is 42.5 Å². The summed E-state index contributed by atoms with van der Waals surface area (Å²) in [6.07, 6.45) is 0.217. The number of rotatable bonds is 6. The number of carbonyl (C=O) groups excluding carboxylic acids is 2. The van der Waals surface area contributed by atoms with Crippen LogP contribution in [0.4, 0.5) is 0 Å². The van der Waals surface area contributed by atoms with Gasteiger partial charge in [0.05, 0.1) is 19.1 Å². The van der Waals surface area contributed by atoms with E-state index in [2.05, 4.69) is 4.74 Å². The molecule has 0 aromatic rings. The number of carbonyl (C=O) groups is 2. The molecule has 1 unspecified atom stereocenters. The highest BCUT2D eigenvalue weighted by atomic mass is 16.5. The predicted molar refractivity (Wildman–Crippen MR) is 57.1 cm³/mol. The van der Waals surface area contributed by atoms with Gasteiger partial charge in [-0.1, -0.05) is 0 Å². The third-order valence-corrected chi connectivity index (χ3v) is 1.99. The molecule has 0 saturated carbocycles. The summed E-state index contributed by atoms with van der Waals surface area (Å²) in [4.78, 5) is 24.3. The number of hydrogen-bond acceptors (Lipinski definition) is 5. The van der Waals surface area contributed by atoms with Crippen LogP contribution in [0.1, 0.15) is 20.3 Å². The summed E-state index contributed by atoms with van der Waals surface area (Å²) < 4.78 is 4.65. The van der Waals surface area contributed by atoms with Crippen molar-refractivity contribution in [3.8, 4) is 6.07 Å². The summed E-state index contributed by atoms with van der Waals surface area (Å²) in [7, 11) is 0. The number of nitrogens with zero attached hydrogens (tertiary/aromatic N) is 2. The molecule has 0 aromatic carbocycles. The third kappa shape index (κ3) is 4.28. The normalized spacial score (nSPS) is 11.4. The molecule has 0 aliphatic rings. The SMILES string of the molecule is CCOC(=O)C(N)C(=O)N(CC)CCC#N. The minimum absolute atomic E-state index is 0.185. The maximum absolute atomic E-state index is 11.7. The number of ether oxygens (including phenoxy) is 1. The fourth-order valence-electron chi connectivity index (χ4n) is 1.14. The van der Waals surface area contributed by atoms with E-state index in [4.69, 9.17) is 11.0 Å². The summed E-state index contributed by atoms with van der Waals surface area (Å²) in [5, 5.41) is 8.41. The molecule has 1 amide bonds. The summed E-state index contributed by atoms with van der Waals surface area (Å²) in [6.45, 7) is 4.27. The summed E-state index contributed by atoms with van der Waals surface area (Å²) >= 11 is 0. The Morgan fingerprint density at radius 2 is 2.12 bits per heavy atom. The molecular weight excluding hydrogens is 210 g/mol. The van der Waals surface area contributed by atoms with Gasteiger partial charge < -0.3 is 15.4 Å². The van der Waals surface area contributed by atoms with Gasteiger partial charge in [-0.15, -0.1) is 0 Å². The van der Waals surface area contributed by atoms with Gasteiger partial charge >= 0.3 is 5.97 Å². The van der Waals surface area contributed by atoms with Crippen molar-refractivity contribution in [3.63, 3.8) is 0 Å². The molecule has 6 nitrogen and oxygen atoms in total. The zero-order valence-electron chi connectivity index (χ0n) is 9.60. The highest BCUT2D eigenvalue weighted by molar-refractivity contribution is 6.01. The van der Waals surface area contributed by atoms with Crippen molar-refractivity contribution >= 4 is 11.9 Å². The second-order valence-corrected chi connectivity index (χ2v) is 3.06. The second-order valence-electron chi connectivity index (χ2n) is 3.06. The van der Waals surface area contributed by atoms with Crippen LogP contribution >= 0.6 is 0 Å². The zero-order chi connectivity index (χ0) is 12.6. The van der Waals surface area contributed by atoms with Crippen molar-refractivity contribution in [2.45, 2.75) is 26.3 Å². The van der Waals surface area contributed by atoms with Gasteiger partial charge in [0.2, 0.25) is 0 Å². The molecule has 0 heterocycles. The minimum atomic E-state index is -1.29. The van der Waals surface area contributed by atoms with Crippen molar-refractivity contribution in [2.24, 2.45) is 5.73 Å². The Bertz CT molecular complexity index is 286. The number of nitriles is 1. The van der Waals surface area contributed by atoms with Crippen LogP contribution in [0.2, 0.25) is 0 Å². The van der Waals surface area contributed by atoms with E-state index in [9.17, 15) is 9.59 Å². The van der Waals surface area contributed by atoms with E-state index in [0.29, 0.717) is 6.54 Å². The predicted octanol–water partition coefficient (Wildman–Crippen LogP) is -0.361. The van der Waals surface area contributed by atoms with Crippen LogP contribution in [0.5, 0.6) is 0 Å². The van der Waals surface area contributed by atoms with Gasteiger partial charge in [0.25, 0.3) is 5.91 Å². The minimum Gasteiger partial charge on any atom is -0.464 e. The van der Waals surface area contributed by atoms with E-state index in [1.54, 1.807) is 13.8 Å². The topological polar surface area (TPSA) is 96.4 Å². The molecule has 0 bridgehead atoms. The largest absolute Gasteiger partial charge is 0.464 e. The fraction of sp³-hybridized carbons (Fsp3) is 0.700. The summed E-state index contributed by atoms with van der Waals surface area (Å²) in [6, 6.07) is 0.637. The van der Waals surface area contributed by atoms with Gasteiger partial charge in [0.1, 0.15) is 0 Å². The average molecular weight is 227 g/mol. The molecule has 0 radical (unpaired) electrons. The lowest BCUT2D eigenvalue weighted by atomic mass is 10.2. The smallest absolute Gasteiger partial charge is 0.332 e. The maximum atomic E-state index is 11.7. The molecule has 0 spiro atoms. The first-order chi connectivity index (χ1) is 7.58. The van der Waals surface area contributed by atoms with Crippen LogP contribution < -0.4 is 5.73 Å². The molecule has 0 fully saturated rings. The van der Waals surface area contributed by atoms with E-state index in [1.807, 2.05) is 6.07 Å². The van der Waals surface area contributed by atoms with E-state index in [-0.39, 0.29) is 19.6 Å². The first-order valence-electron chi connectivity index (χ1n) is 5.16. The van der Waals surface area contributed by atoms with Gasteiger partial charge in [-0.05, 0) is 13.8 Å². The number of hydrogen-bond donors (Lipinski definition) is 1. The Labute approximate surface area is 95.0 Å². The van der Waals surface area contributed by atoms with Crippen LogP contribution in [-0.2, 0) is 14.3 Å². The molecule has 90 valence electrons. The van der Waals surface area contributed by atoms with Crippen LogP contribution in [0.3, 0.4) is 0 Å². The third-order valence-electron chi connectivity index (χ3n) is 1.99. The van der Waals surface area contributed by atoms with E-state index in [1.165, 1.54) is 4.90 Å². The number of nitrogens with two attached hydrogens (primary N) is 1. The van der Waals surface area contributed by atoms with E-state index < -0.39 is 17.9 Å². The van der Waals surface area contributed by atoms with Gasteiger partial charge in [0, 0.05) is 13.1 Å². The molecule has 0 saturated heterocycles. The lowest BCUT2D eigenvalue weighted by molar-refractivity contribution is -0.150. The summed E-state index contributed by atoms with van der Waals surface area (Å²) in [5.74, 6) is -1.24. The van der Waals surface area contributed by atoms with Crippen molar-refractivity contribution in [3.05, 3.63) is 0 Å². The second kappa shape index (κ2) is 7.65. The Morgan fingerprint density at radius 1 is 1.50 bits per heavy atom. The molecule has 0 aliphatic heterocycles. The monoisotopic (exact) mass is 227 g/mol. The quantitative estimate of drug-likeness (QED) is 0.493. The standard InChI is InChI=1S/C10H17N3O3/c1-3-13(7-5-6-11)9(14)8(12)10(15)16-4-2/h8H,3-5,7,12H2,1-2H3. The average Bonchev–Trinajstić information content (AvgIpc) is 2.29. The first kappa shape index (κ1) is 14.4. The number of esters is 1. The Morgan fingerprint density at radius 3 is 2.56 bits per heavy atom. The first-order valence-corrected chi connectivity index (χ1v) is 5.16. The molecule has 1 atom stereocenters. The van der Waals surface area contributed by atoms with Gasteiger partial charge in [0.15, 0.2) is 6.04 Å². The zero-order valence-corrected chi connectivity index (χ0v) is 9.60. The molecule has 16 heavy (non-hydrogen) atoms. The van der Waals surface area contributed by atoms with Crippen LogP contribution in [0, 0.1) is 11.3 Å². The Hall–Kier alpha value is -1.61. The van der Waals surface area contributed by atoms with E-state index in [0.717, 1.165) is 0 Å². The molecule has 0 aliphatic carbocycles. The summed E-state index contributed by atoms with van der Waals surface area (Å²) in [5.41, 5.74) is 5.45. The number of amides is 1. The van der Waals surface area contributed by atoms with Crippen molar-refractivity contribution in [2.75, 3.05) is 19.7 Å². The molecule has 0 rings (SSSR count). The highest BCUT2D eigenvalue weighted by Gasteiger charge is 2.27. The van der Waals surface area contributed by atoms with Gasteiger partial charge in [-0.25, -0.2) is 4.79 Å². The van der Waals surface area contributed by atoms with Crippen molar-refractivity contribution < 1.29 is 14.3 Å². The fourth-order valence-corrected chi connectivity index (χ4v) is 1.14. The molecule has 0 aromatic heterocycles. The Kier molecular flexibility index (Phi) is 6.88. The lowest BCUT2D eigenvalue weighted by Crippen LogP contribution is -2.49. The van der Waals surface area contributed by atoms with Crippen molar-refractivity contribution in [1.82, 2.24) is 4.90 Å². The van der Waals surface area contributed by atoms with Gasteiger partial charge in [-0.2, -0.15) is 5.26 Å². The Balaban J connectivity index is 4.38. The number of likely N-dealkylation sites (N-methyl/N-ethyl adjacent to an activating group) is 1. The maximum Gasteiger partial charge on any atom is 0.332 e. The molecule has 6 heteroatoms. The van der Waals surface area contributed by atoms with Crippen molar-refractivity contribution in [1.29, 1.82) is 5.26 Å². The lowest BCUT2D eigenvalue weighted by Gasteiger charge is -2.22. The molecule has 2 N–H and O–H groups in total. The van der Waals surface area contributed by atoms with E-state index >= 15 is 0 Å². The molecular formula is C10H17N3O3. The highest BCUT2D eigenvalue weighted by Crippen LogP contribution is 1.97. The van der Waals surface area contributed by atoms with Crippen LogP contribution in [0.25, 0.3) is 0 Å². The van der Waals surface area contributed by atoms with Crippen LogP contribution in [0.15, 0.2) is 0 Å².